The highest BCUT2D eigenvalue weighted by Gasteiger charge is 2.17. The van der Waals surface area contributed by atoms with Gasteiger partial charge >= 0.3 is 0 Å². The molecule has 2 heterocycles. The second kappa shape index (κ2) is 15.6. The molecule has 0 radical (unpaired) electrons. The summed E-state index contributed by atoms with van der Waals surface area (Å²) in [5, 5.41) is 8.45. The maximum absolute atomic E-state index is 5.31. The van der Waals surface area contributed by atoms with E-state index in [1.54, 1.807) is 0 Å². The number of para-hydroxylation sites is 3. The minimum Gasteiger partial charge on any atom is -0.356 e. The average Bonchev–Trinajstić information content (AvgIpc) is 3.81. The minimum atomic E-state index is 0.504. The number of nitrogens with one attached hydrogen (secondary N) is 1. The molecule has 1 N–H and O–H groups in total. The molecule has 0 atom stereocenters. The summed E-state index contributed by atoms with van der Waals surface area (Å²) in [6.07, 6.45) is 2.52. The topological polar surface area (TPSA) is 46.6 Å². The first-order valence-electron chi connectivity index (χ1n) is 20.0. The van der Waals surface area contributed by atoms with E-state index in [1.807, 2.05) is 30.3 Å². The monoisotopic (exact) mass is 759 g/mol. The number of hydrogen-bond donors (Lipinski definition) is 1. The zero-order valence-corrected chi connectivity index (χ0v) is 32.5. The summed E-state index contributed by atoms with van der Waals surface area (Å²) < 4.78 is 4.57. The predicted molar refractivity (Wildman–Crippen MR) is 250 cm³/mol. The summed E-state index contributed by atoms with van der Waals surface area (Å²) in [5.74, 6) is 0.638. The summed E-state index contributed by atoms with van der Waals surface area (Å²) in [7, 11) is 0. The number of rotatable bonds is 9. The van der Waals surface area contributed by atoms with Gasteiger partial charge < -0.3 is 9.88 Å². The molecule has 0 aliphatic rings. The first-order chi connectivity index (χ1) is 29.2. The molecule has 0 unspecified atom stereocenters. The van der Waals surface area contributed by atoms with Crippen LogP contribution < -0.4 is 5.32 Å². The fourth-order valence-electron chi connectivity index (χ4n) is 8.20. The molecule has 0 aliphatic heterocycles. The lowest BCUT2D eigenvalue weighted by Crippen LogP contribution is -2.14. The lowest BCUT2D eigenvalue weighted by Gasteiger charge is -2.12. The van der Waals surface area contributed by atoms with E-state index < -0.39 is 0 Å². The van der Waals surface area contributed by atoms with Crippen LogP contribution in [0.5, 0.6) is 0 Å². The molecule has 8 aromatic carbocycles. The maximum atomic E-state index is 5.31. The Labute approximate surface area is 343 Å². The third kappa shape index (κ3) is 6.89. The van der Waals surface area contributed by atoms with Crippen molar-refractivity contribution in [3.8, 4) is 16.8 Å². The van der Waals surface area contributed by atoms with Crippen LogP contribution in [0.1, 0.15) is 17.5 Å². The van der Waals surface area contributed by atoms with Crippen LogP contribution in [0.25, 0.3) is 60.4 Å². The van der Waals surface area contributed by atoms with E-state index >= 15 is 0 Å². The predicted octanol–water partition coefficient (Wildman–Crippen LogP) is 13.8. The van der Waals surface area contributed by atoms with Crippen LogP contribution in [0.15, 0.2) is 223 Å². The van der Waals surface area contributed by atoms with Crippen LogP contribution in [0.3, 0.4) is 0 Å². The van der Waals surface area contributed by atoms with E-state index in [2.05, 4.69) is 197 Å². The van der Waals surface area contributed by atoms with E-state index in [1.165, 1.54) is 27.4 Å². The minimum absolute atomic E-state index is 0.504. The Balaban J connectivity index is 1.01. The molecule has 0 amide bonds. The Morgan fingerprint density at radius 2 is 1.10 bits per heavy atom. The fourth-order valence-corrected chi connectivity index (χ4v) is 8.20. The summed E-state index contributed by atoms with van der Waals surface area (Å²) >= 11 is 0. The quantitative estimate of drug-likeness (QED) is 0.0889. The van der Waals surface area contributed by atoms with Crippen LogP contribution in [-0.2, 0) is 6.54 Å². The molecule has 0 bridgehead atoms. The third-order valence-electron chi connectivity index (χ3n) is 11.0. The summed E-state index contributed by atoms with van der Waals surface area (Å²) in [4.78, 5) is 10.5. The molecule has 0 fully saturated rings. The van der Waals surface area contributed by atoms with Crippen LogP contribution >= 0.6 is 0 Å². The van der Waals surface area contributed by atoms with Crippen molar-refractivity contribution in [3.63, 3.8) is 0 Å². The lowest BCUT2D eigenvalue weighted by atomic mass is 10.0. The summed E-state index contributed by atoms with van der Waals surface area (Å²) in [6, 6.07) is 70.5. The number of nitrogens with zero attached hydrogens (tertiary/aromatic N) is 4. The molecule has 59 heavy (non-hydrogen) atoms. The van der Waals surface area contributed by atoms with Gasteiger partial charge in [0.25, 0.3) is 0 Å². The van der Waals surface area contributed by atoms with Gasteiger partial charge in [-0.15, -0.1) is 6.58 Å². The maximum Gasteiger partial charge on any atom is 0.230 e. The average molecular weight is 760 g/mol. The van der Waals surface area contributed by atoms with E-state index in [0.717, 1.165) is 61.3 Å². The summed E-state index contributed by atoms with van der Waals surface area (Å²) in [5.41, 5.74) is 13.1. The van der Waals surface area contributed by atoms with Crippen molar-refractivity contribution in [3.05, 3.63) is 224 Å². The molecule has 5 heteroatoms. The normalized spacial score (nSPS) is 12.1. The first-order valence-corrected chi connectivity index (χ1v) is 20.0. The molecule has 0 saturated heterocycles. The van der Waals surface area contributed by atoms with Crippen molar-refractivity contribution < 1.29 is 0 Å². The second-order valence-corrected chi connectivity index (χ2v) is 14.7. The third-order valence-corrected chi connectivity index (χ3v) is 11.0. The molecular weight excluding hydrogens is 719 g/mol. The number of anilines is 2. The fraction of sp³-hybridized carbons (Fsp3) is 0.0370. The zero-order valence-electron chi connectivity index (χ0n) is 32.5. The van der Waals surface area contributed by atoms with Gasteiger partial charge in [-0.05, 0) is 82.9 Å². The molecule has 282 valence electrons. The Kier molecular flexibility index (Phi) is 9.45. The largest absolute Gasteiger partial charge is 0.356 e. The molecule has 10 aromatic rings. The lowest BCUT2D eigenvalue weighted by molar-refractivity contribution is 1.03. The molecular formula is C54H41N5. The molecule has 0 saturated carbocycles. The van der Waals surface area contributed by atoms with E-state index in [-0.39, 0.29) is 0 Å². The Morgan fingerprint density at radius 3 is 1.85 bits per heavy atom. The van der Waals surface area contributed by atoms with Gasteiger partial charge in [0.2, 0.25) is 5.96 Å². The van der Waals surface area contributed by atoms with Gasteiger partial charge in [-0.3, -0.25) is 4.57 Å². The Bertz CT molecular complexity index is 3170. The number of allylic oxidation sites excluding steroid dienone is 1. The van der Waals surface area contributed by atoms with Gasteiger partial charge in [0.1, 0.15) is 0 Å². The van der Waals surface area contributed by atoms with Crippen LogP contribution in [0, 0.1) is 0 Å². The van der Waals surface area contributed by atoms with E-state index in [9.17, 15) is 0 Å². The first kappa shape index (κ1) is 35.6. The standard InChI is InChI=1S/C54H41N5/c1-2-16-49(40-19-8-4-9-20-40)57-54(55-37-38-17-6-3-7-18-38)59-51-26-15-13-24-46(51)48-36-43(32-34-52(48)59)56-42-30-27-39(28-31-42)41-29-33-47-45-23-12-14-25-50(45)58(53(47)35-41)44-21-10-5-11-22-44/h2-15,17-36,56H,1,16,37H2/b55-54?,57-49+. The highest BCUT2D eigenvalue weighted by atomic mass is 15.2. The van der Waals surface area contributed by atoms with Crippen molar-refractivity contribution in [2.24, 2.45) is 9.98 Å². The molecule has 0 aliphatic carbocycles. The van der Waals surface area contributed by atoms with Gasteiger partial charge in [-0.2, -0.15) is 0 Å². The van der Waals surface area contributed by atoms with Crippen molar-refractivity contribution in [1.29, 1.82) is 0 Å². The number of fused-ring (bicyclic) bond motifs is 6. The van der Waals surface area contributed by atoms with Crippen LogP contribution in [0.4, 0.5) is 11.4 Å². The molecule has 10 rings (SSSR count). The Morgan fingerprint density at radius 1 is 0.508 bits per heavy atom. The van der Waals surface area contributed by atoms with Crippen molar-refractivity contribution in [2.45, 2.75) is 13.0 Å². The van der Waals surface area contributed by atoms with Crippen molar-refractivity contribution in [2.75, 3.05) is 5.32 Å². The van der Waals surface area contributed by atoms with Gasteiger partial charge in [0, 0.05) is 45.0 Å². The number of benzene rings is 8. The van der Waals surface area contributed by atoms with Crippen LogP contribution in [0.2, 0.25) is 0 Å². The summed E-state index contributed by atoms with van der Waals surface area (Å²) in [6.45, 7) is 4.55. The van der Waals surface area contributed by atoms with E-state index in [0.29, 0.717) is 18.9 Å². The van der Waals surface area contributed by atoms with Gasteiger partial charge in [-0.1, -0.05) is 146 Å². The van der Waals surface area contributed by atoms with Crippen molar-refractivity contribution in [1.82, 2.24) is 9.13 Å². The Hall–Kier alpha value is -7.76. The molecule has 0 spiro atoms. The van der Waals surface area contributed by atoms with Crippen molar-refractivity contribution >= 4 is 66.7 Å². The van der Waals surface area contributed by atoms with E-state index in [4.69, 9.17) is 9.98 Å². The SMILES string of the molecule is C=CC/C(=N\C(=NCc1ccccc1)n1c2ccccc2c2cc(Nc3ccc(-c4ccc5c6ccccc6n(-c6ccccc6)c5c4)cc3)ccc21)c1ccccc1. The highest BCUT2D eigenvalue weighted by Crippen LogP contribution is 2.36. The highest BCUT2D eigenvalue weighted by molar-refractivity contribution is 6.17. The number of aromatic nitrogens is 2. The van der Waals surface area contributed by atoms with Crippen LogP contribution in [-0.4, -0.2) is 20.8 Å². The number of hydrogen-bond acceptors (Lipinski definition) is 2. The zero-order chi connectivity index (χ0) is 39.5. The van der Waals surface area contributed by atoms with Gasteiger partial charge in [0.15, 0.2) is 0 Å². The van der Waals surface area contributed by atoms with Gasteiger partial charge in [0.05, 0.1) is 34.3 Å². The number of aliphatic imine (C=N–C) groups is 2. The molecule has 2 aromatic heterocycles. The van der Waals surface area contributed by atoms with Gasteiger partial charge in [-0.25, -0.2) is 9.98 Å². The molecule has 5 nitrogen and oxygen atoms in total. The smallest absolute Gasteiger partial charge is 0.230 e. The second-order valence-electron chi connectivity index (χ2n) is 14.7.